The molecule has 1 aliphatic carbocycles. The highest BCUT2D eigenvalue weighted by Gasteiger charge is 2.25. The molecule has 0 fully saturated rings. The highest BCUT2D eigenvalue weighted by atomic mass is 16.4. The van der Waals surface area contributed by atoms with Crippen molar-refractivity contribution in [3.05, 3.63) is 12.2 Å². The predicted octanol–water partition coefficient (Wildman–Crippen LogP) is 1.75. The largest absolute Gasteiger partial charge is 0.481 e. The number of hydrogen-bond acceptors (Lipinski definition) is 2. The Morgan fingerprint density at radius 2 is 2.00 bits per heavy atom. The van der Waals surface area contributed by atoms with Gasteiger partial charge in [-0.3, -0.25) is 4.79 Å². The molecule has 0 spiro atoms. The third-order valence-electron chi connectivity index (χ3n) is 2.92. The van der Waals surface area contributed by atoms with Gasteiger partial charge < -0.3 is 15.7 Å². The van der Waals surface area contributed by atoms with Gasteiger partial charge in [0.15, 0.2) is 0 Å². The molecule has 3 atom stereocenters. The first-order valence-electron chi connectivity index (χ1n) is 6.36. The maximum Gasteiger partial charge on any atom is 0.315 e. The topological polar surface area (TPSA) is 78.4 Å². The molecule has 0 aliphatic heterocycles. The number of hydrogen-bond donors (Lipinski definition) is 3. The Kier molecular flexibility index (Phi) is 5.19. The molecule has 102 valence electrons. The molecule has 0 bridgehead atoms. The van der Waals surface area contributed by atoms with E-state index in [1.54, 1.807) is 12.2 Å². The van der Waals surface area contributed by atoms with Crippen LogP contribution in [0.4, 0.5) is 4.79 Å². The zero-order chi connectivity index (χ0) is 13.7. The molecule has 5 nitrogen and oxygen atoms in total. The lowest BCUT2D eigenvalue weighted by Gasteiger charge is -2.18. The number of carbonyl (C=O) groups is 2. The Morgan fingerprint density at radius 1 is 1.33 bits per heavy atom. The molecular formula is C13H22N2O3. The Bertz CT molecular complexity index is 339. The summed E-state index contributed by atoms with van der Waals surface area (Å²) >= 11 is 0. The molecule has 3 unspecified atom stereocenters. The number of carboxylic acids is 1. The number of carboxylic acid groups (broad SMARTS) is 1. The van der Waals surface area contributed by atoms with Gasteiger partial charge in [0.05, 0.1) is 12.0 Å². The molecule has 5 heteroatoms. The minimum Gasteiger partial charge on any atom is -0.481 e. The van der Waals surface area contributed by atoms with Crippen molar-refractivity contribution in [2.24, 2.45) is 11.8 Å². The van der Waals surface area contributed by atoms with Crippen LogP contribution in [-0.4, -0.2) is 29.2 Å². The van der Waals surface area contributed by atoms with Gasteiger partial charge in [-0.15, -0.1) is 0 Å². The van der Waals surface area contributed by atoms with E-state index in [1.165, 1.54) is 0 Å². The second-order valence-electron chi connectivity index (χ2n) is 5.32. The SMILES string of the molecule is CC(C)CC(C)NC(=O)NC1C=CC(C(=O)O)C1. The minimum atomic E-state index is -0.843. The molecule has 0 radical (unpaired) electrons. The highest BCUT2D eigenvalue weighted by molar-refractivity contribution is 5.76. The molecule has 18 heavy (non-hydrogen) atoms. The standard InChI is InChI=1S/C13H22N2O3/c1-8(2)6-9(3)14-13(18)15-11-5-4-10(7-11)12(16)17/h4-5,8-11H,6-7H2,1-3H3,(H,16,17)(H2,14,15,18). The second-order valence-corrected chi connectivity index (χ2v) is 5.32. The van der Waals surface area contributed by atoms with E-state index in [2.05, 4.69) is 24.5 Å². The summed E-state index contributed by atoms with van der Waals surface area (Å²) in [6.07, 6.45) is 4.73. The van der Waals surface area contributed by atoms with Crippen molar-refractivity contribution in [3.63, 3.8) is 0 Å². The van der Waals surface area contributed by atoms with E-state index in [4.69, 9.17) is 5.11 Å². The van der Waals surface area contributed by atoms with Crippen molar-refractivity contribution in [2.75, 3.05) is 0 Å². The fourth-order valence-corrected chi connectivity index (χ4v) is 2.19. The summed E-state index contributed by atoms with van der Waals surface area (Å²) in [5.41, 5.74) is 0. The monoisotopic (exact) mass is 254 g/mol. The Balaban J connectivity index is 2.30. The maximum absolute atomic E-state index is 11.7. The van der Waals surface area contributed by atoms with Crippen LogP contribution in [0, 0.1) is 11.8 Å². The van der Waals surface area contributed by atoms with E-state index in [-0.39, 0.29) is 18.1 Å². The van der Waals surface area contributed by atoms with Crippen molar-refractivity contribution in [1.82, 2.24) is 10.6 Å². The van der Waals surface area contributed by atoms with Gasteiger partial charge in [-0.2, -0.15) is 0 Å². The van der Waals surface area contributed by atoms with Gasteiger partial charge in [-0.25, -0.2) is 4.79 Å². The van der Waals surface area contributed by atoms with E-state index in [9.17, 15) is 9.59 Å². The number of urea groups is 1. The number of aliphatic carboxylic acids is 1. The van der Waals surface area contributed by atoms with Crippen molar-refractivity contribution in [3.8, 4) is 0 Å². The molecule has 1 rings (SSSR count). The van der Waals surface area contributed by atoms with Crippen molar-refractivity contribution in [2.45, 2.75) is 45.7 Å². The van der Waals surface area contributed by atoms with Crippen LogP contribution in [0.1, 0.15) is 33.6 Å². The van der Waals surface area contributed by atoms with Gasteiger partial charge in [0.2, 0.25) is 0 Å². The molecule has 0 saturated carbocycles. The summed E-state index contributed by atoms with van der Waals surface area (Å²) < 4.78 is 0. The van der Waals surface area contributed by atoms with Crippen molar-refractivity contribution < 1.29 is 14.7 Å². The van der Waals surface area contributed by atoms with Crippen LogP contribution in [0.2, 0.25) is 0 Å². The number of amides is 2. The molecule has 2 amide bonds. The van der Waals surface area contributed by atoms with Gasteiger partial charge >= 0.3 is 12.0 Å². The van der Waals surface area contributed by atoms with Gasteiger partial charge in [-0.05, 0) is 25.7 Å². The number of rotatable bonds is 5. The smallest absolute Gasteiger partial charge is 0.315 e. The van der Waals surface area contributed by atoms with Gasteiger partial charge in [0.25, 0.3) is 0 Å². The zero-order valence-electron chi connectivity index (χ0n) is 11.1. The maximum atomic E-state index is 11.7. The summed E-state index contributed by atoms with van der Waals surface area (Å²) in [4.78, 5) is 22.4. The molecule has 0 aromatic rings. The summed E-state index contributed by atoms with van der Waals surface area (Å²) in [7, 11) is 0. The molecule has 0 aromatic carbocycles. The first-order chi connectivity index (χ1) is 8.38. The summed E-state index contributed by atoms with van der Waals surface area (Å²) in [6, 6.07) is -0.299. The van der Waals surface area contributed by atoms with E-state index in [0.29, 0.717) is 12.3 Å². The molecule has 0 saturated heterocycles. The molecular weight excluding hydrogens is 232 g/mol. The third kappa shape index (κ3) is 4.77. The first-order valence-corrected chi connectivity index (χ1v) is 6.36. The fraction of sp³-hybridized carbons (Fsp3) is 0.692. The Hall–Kier alpha value is -1.52. The van der Waals surface area contributed by atoms with Crippen molar-refractivity contribution >= 4 is 12.0 Å². The van der Waals surface area contributed by atoms with Crippen LogP contribution in [-0.2, 0) is 4.79 Å². The summed E-state index contributed by atoms with van der Waals surface area (Å²) in [6.45, 7) is 6.17. The molecule has 0 heterocycles. The molecule has 3 N–H and O–H groups in total. The Morgan fingerprint density at radius 3 is 2.50 bits per heavy atom. The van der Waals surface area contributed by atoms with Crippen LogP contribution >= 0.6 is 0 Å². The Labute approximate surface area is 108 Å². The lowest BCUT2D eigenvalue weighted by Crippen LogP contribution is -2.45. The first kappa shape index (κ1) is 14.5. The average molecular weight is 254 g/mol. The van der Waals surface area contributed by atoms with E-state index >= 15 is 0 Å². The van der Waals surface area contributed by atoms with Crippen LogP contribution in [0.15, 0.2) is 12.2 Å². The lowest BCUT2D eigenvalue weighted by molar-refractivity contribution is -0.140. The van der Waals surface area contributed by atoms with Crippen LogP contribution < -0.4 is 10.6 Å². The van der Waals surface area contributed by atoms with E-state index < -0.39 is 11.9 Å². The second kappa shape index (κ2) is 6.42. The molecule has 1 aliphatic rings. The van der Waals surface area contributed by atoms with Gasteiger partial charge in [-0.1, -0.05) is 26.0 Å². The molecule has 0 aromatic heterocycles. The van der Waals surface area contributed by atoms with Gasteiger partial charge in [0.1, 0.15) is 0 Å². The predicted molar refractivity (Wildman–Crippen MR) is 69.3 cm³/mol. The highest BCUT2D eigenvalue weighted by Crippen LogP contribution is 2.17. The quantitative estimate of drug-likeness (QED) is 0.654. The minimum absolute atomic E-state index is 0.116. The summed E-state index contributed by atoms with van der Waals surface area (Å²) in [5, 5.41) is 14.4. The number of carbonyl (C=O) groups excluding carboxylic acids is 1. The fourth-order valence-electron chi connectivity index (χ4n) is 2.19. The van der Waals surface area contributed by atoms with Gasteiger partial charge in [0, 0.05) is 6.04 Å². The van der Waals surface area contributed by atoms with Crippen LogP contribution in [0.3, 0.4) is 0 Å². The normalized spacial score (nSPS) is 24.0. The zero-order valence-corrected chi connectivity index (χ0v) is 11.1. The van der Waals surface area contributed by atoms with E-state index in [1.807, 2.05) is 6.92 Å². The summed E-state index contributed by atoms with van der Waals surface area (Å²) in [5.74, 6) is -0.796. The lowest BCUT2D eigenvalue weighted by atomic mass is 10.1. The third-order valence-corrected chi connectivity index (χ3v) is 2.92. The van der Waals surface area contributed by atoms with Crippen LogP contribution in [0.25, 0.3) is 0 Å². The number of nitrogens with one attached hydrogen (secondary N) is 2. The average Bonchev–Trinajstić information content (AvgIpc) is 2.63. The van der Waals surface area contributed by atoms with E-state index in [0.717, 1.165) is 6.42 Å². The van der Waals surface area contributed by atoms with Crippen molar-refractivity contribution in [1.29, 1.82) is 0 Å². The van der Waals surface area contributed by atoms with Crippen LogP contribution in [0.5, 0.6) is 0 Å².